The zero-order valence-corrected chi connectivity index (χ0v) is 16.8. The number of amides is 1. The van der Waals surface area contributed by atoms with Gasteiger partial charge in [-0.3, -0.25) is 4.79 Å². The first-order chi connectivity index (χ1) is 12.5. The van der Waals surface area contributed by atoms with Gasteiger partial charge in [0.15, 0.2) is 0 Å². The summed E-state index contributed by atoms with van der Waals surface area (Å²) < 4.78 is 0. The molecule has 3 rings (SSSR count). The average molecular weight is 386 g/mol. The molecular formula is C20H23N3OS2. The minimum atomic E-state index is -0.0428. The van der Waals surface area contributed by atoms with E-state index in [0.29, 0.717) is 5.92 Å². The summed E-state index contributed by atoms with van der Waals surface area (Å²) in [5.41, 5.74) is 2.75. The van der Waals surface area contributed by atoms with Crippen molar-refractivity contribution >= 4 is 34.3 Å². The highest BCUT2D eigenvalue weighted by molar-refractivity contribution is 7.10. The zero-order valence-electron chi connectivity index (χ0n) is 15.2. The third-order valence-corrected chi connectivity index (χ3v) is 5.79. The molecular weight excluding hydrogens is 362 g/mol. The predicted octanol–water partition coefficient (Wildman–Crippen LogP) is 5.11. The molecule has 0 spiro atoms. The average Bonchev–Trinajstić information content (AvgIpc) is 3.27. The van der Waals surface area contributed by atoms with Gasteiger partial charge in [-0.1, -0.05) is 32.0 Å². The van der Waals surface area contributed by atoms with Gasteiger partial charge in [-0.25, -0.2) is 4.98 Å². The van der Waals surface area contributed by atoms with Crippen LogP contribution in [0.25, 0.3) is 11.3 Å². The van der Waals surface area contributed by atoms with Gasteiger partial charge in [0.05, 0.1) is 17.2 Å². The Morgan fingerprint density at radius 2 is 2.04 bits per heavy atom. The summed E-state index contributed by atoms with van der Waals surface area (Å²) in [7, 11) is 0. The summed E-state index contributed by atoms with van der Waals surface area (Å²) in [6.07, 6.45) is 0. The lowest BCUT2D eigenvalue weighted by atomic mass is 10.0. The lowest BCUT2D eigenvalue weighted by Crippen LogP contribution is -2.33. The summed E-state index contributed by atoms with van der Waals surface area (Å²) in [6, 6.07) is 12.2. The maximum atomic E-state index is 12.4. The van der Waals surface area contributed by atoms with E-state index in [9.17, 15) is 4.79 Å². The maximum Gasteiger partial charge on any atom is 0.238 e. The Bertz CT molecular complexity index is 856. The Morgan fingerprint density at radius 1 is 1.19 bits per heavy atom. The number of anilines is 1. The molecule has 0 fully saturated rings. The Hall–Kier alpha value is -2.02. The fraction of sp³-hybridized carbons (Fsp3) is 0.300. The first-order valence-corrected chi connectivity index (χ1v) is 10.4. The molecule has 6 heteroatoms. The molecule has 0 saturated heterocycles. The molecule has 0 bridgehead atoms. The van der Waals surface area contributed by atoms with Crippen molar-refractivity contribution in [2.24, 2.45) is 5.92 Å². The third-order valence-electron chi connectivity index (χ3n) is 4.06. The molecule has 1 aromatic carbocycles. The van der Waals surface area contributed by atoms with Gasteiger partial charge in [0.1, 0.15) is 0 Å². The highest BCUT2D eigenvalue weighted by atomic mass is 32.1. The van der Waals surface area contributed by atoms with Crippen LogP contribution in [0.4, 0.5) is 5.69 Å². The monoisotopic (exact) mass is 385 g/mol. The molecule has 0 aliphatic heterocycles. The first kappa shape index (κ1) is 18.8. The largest absolute Gasteiger partial charge is 0.325 e. The molecule has 2 N–H and O–H groups in total. The number of benzene rings is 1. The molecule has 2 heterocycles. The van der Waals surface area contributed by atoms with Crippen molar-refractivity contribution in [2.75, 3.05) is 11.9 Å². The lowest BCUT2D eigenvalue weighted by molar-refractivity contribution is -0.115. The van der Waals surface area contributed by atoms with E-state index >= 15 is 0 Å². The molecule has 0 radical (unpaired) electrons. The standard InChI is InChI=1S/C20H23N3OS2/c1-13(2)20(18-8-5-9-25-18)21-11-19(24)23-16-7-4-6-15(10-16)17-12-26-14(3)22-17/h4-10,12-13,20-21H,11H2,1-3H3,(H,23,24)/t20-/m0/s1. The van der Waals surface area contributed by atoms with Gasteiger partial charge in [-0.2, -0.15) is 0 Å². The molecule has 3 aromatic rings. The van der Waals surface area contributed by atoms with Gasteiger partial charge in [-0.15, -0.1) is 22.7 Å². The van der Waals surface area contributed by atoms with Crippen LogP contribution in [0.5, 0.6) is 0 Å². The molecule has 2 aromatic heterocycles. The Labute approximate surface area is 162 Å². The van der Waals surface area contributed by atoms with Gasteiger partial charge in [0.2, 0.25) is 5.91 Å². The number of aryl methyl sites for hydroxylation is 1. The third kappa shape index (κ3) is 4.78. The lowest BCUT2D eigenvalue weighted by Gasteiger charge is -2.21. The summed E-state index contributed by atoms with van der Waals surface area (Å²) in [4.78, 5) is 18.1. The highest BCUT2D eigenvalue weighted by Crippen LogP contribution is 2.26. The number of carbonyl (C=O) groups is 1. The quantitative estimate of drug-likeness (QED) is 0.594. The SMILES string of the molecule is Cc1nc(-c2cccc(NC(=O)CN[C@H](c3cccs3)C(C)C)c2)cs1. The van der Waals surface area contributed by atoms with Crippen molar-refractivity contribution in [3.8, 4) is 11.3 Å². The van der Waals surface area contributed by atoms with Gasteiger partial charge >= 0.3 is 0 Å². The van der Waals surface area contributed by atoms with Crippen molar-refractivity contribution < 1.29 is 4.79 Å². The fourth-order valence-electron chi connectivity index (χ4n) is 2.79. The summed E-state index contributed by atoms with van der Waals surface area (Å²) in [5.74, 6) is 0.372. The van der Waals surface area contributed by atoms with E-state index in [1.165, 1.54) is 4.88 Å². The van der Waals surface area contributed by atoms with Crippen molar-refractivity contribution in [2.45, 2.75) is 26.8 Å². The minimum Gasteiger partial charge on any atom is -0.325 e. The number of nitrogens with zero attached hydrogens (tertiary/aromatic N) is 1. The van der Waals surface area contributed by atoms with Crippen molar-refractivity contribution in [3.63, 3.8) is 0 Å². The van der Waals surface area contributed by atoms with Gasteiger partial charge in [0, 0.05) is 27.5 Å². The van der Waals surface area contributed by atoms with Crippen LogP contribution in [0.1, 0.15) is 29.8 Å². The van der Waals surface area contributed by atoms with Crippen molar-refractivity contribution in [1.82, 2.24) is 10.3 Å². The molecule has 4 nitrogen and oxygen atoms in total. The zero-order chi connectivity index (χ0) is 18.5. The summed E-state index contributed by atoms with van der Waals surface area (Å²) in [5, 5.41) is 11.5. The maximum absolute atomic E-state index is 12.4. The van der Waals surface area contributed by atoms with Gasteiger partial charge < -0.3 is 10.6 Å². The molecule has 0 aliphatic rings. The molecule has 1 atom stereocenters. The van der Waals surface area contributed by atoms with Crippen molar-refractivity contribution in [3.05, 3.63) is 57.0 Å². The smallest absolute Gasteiger partial charge is 0.238 e. The highest BCUT2D eigenvalue weighted by Gasteiger charge is 2.17. The fourth-order valence-corrected chi connectivity index (χ4v) is 4.39. The summed E-state index contributed by atoms with van der Waals surface area (Å²) >= 11 is 3.34. The van der Waals surface area contributed by atoms with E-state index in [-0.39, 0.29) is 18.5 Å². The van der Waals surface area contributed by atoms with E-state index in [1.807, 2.05) is 42.6 Å². The Morgan fingerprint density at radius 3 is 2.69 bits per heavy atom. The second-order valence-electron chi connectivity index (χ2n) is 6.50. The van der Waals surface area contributed by atoms with Crippen LogP contribution < -0.4 is 10.6 Å². The molecule has 136 valence electrons. The van der Waals surface area contributed by atoms with Gasteiger partial charge in [0.25, 0.3) is 0 Å². The van der Waals surface area contributed by atoms with Crippen LogP contribution in [0.3, 0.4) is 0 Å². The second kappa shape index (κ2) is 8.58. The molecule has 0 saturated carbocycles. The minimum absolute atomic E-state index is 0.0428. The number of nitrogens with one attached hydrogen (secondary N) is 2. The van der Waals surface area contributed by atoms with Crippen molar-refractivity contribution in [1.29, 1.82) is 0 Å². The van der Waals surface area contributed by atoms with Crippen LogP contribution in [0, 0.1) is 12.8 Å². The second-order valence-corrected chi connectivity index (χ2v) is 8.54. The number of hydrogen-bond donors (Lipinski definition) is 2. The van der Waals surface area contributed by atoms with E-state index in [2.05, 4.69) is 40.9 Å². The van der Waals surface area contributed by atoms with E-state index in [4.69, 9.17) is 0 Å². The first-order valence-electron chi connectivity index (χ1n) is 8.62. The van der Waals surface area contributed by atoms with Crippen LogP contribution in [0.15, 0.2) is 47.2 Å². The predicted molar refractivity (Wildman–Crippen MR) is 111 cm³/mol. The van der Waals surface area contributed by atoms with E-state index in [0.717, 1.165) is 22.0 Å². The number of aromatic nitrogens is 1. The van der Waals surface area contributed by atoms with Crippen LogP contribution >= 0.6 is 22.7 Å². The molecule has 1 amide bonds. The molecule has 26 heavy (non-hydrogen) atoms. The number of hydrogen-bond acceptors (Lipinski definition) is 5. The van der Waals surface area contributed by atoms with Crippen LogP contribution in [-0.4, -0.2) is 17.4 Å². The van der Waals surface area contributed by atoms with E-state index < -0.39 is 0 Å². The number of rotatable bonds is 7. The van der Waals surface area contributed by atoms with Gasteiger partial charge in [-0.05, 0) is 36.4 Å². The summed E-state index contributed by atoms with van der Waals surface area (Å²) in [6.45, 7) is 6.59. The number of thiophene rings is 1. The number of carbonyl (C=O) groups excluding carboxylic acids is 1. The van der Waals surface area contributed by atoms with Crippen LogP contribution in [0.2, 0.25) is 0 Å². The molecule has 0 aliphatic carbocycles. The Balaban J connectivity index is 1.61. The number of thiazole rings is 1. The normalized spacial score (nSPS) is 12.3. The van der Waals surface area contributed by atoms with E-state index in [1.54, 1.807) is 22.7 Å². The Kier molecular flexibility index (Phi) is 6.19. The topological polar surface area (TPSA) is 54.0 Å². The molecule has 0 unspecified atom stereocenters. The van der Waals surface area contributed by atoms with Crippen LogP contribution in [-0.2, 0) is 4.79 Å².